The standard InChI is InChI=1S/C26H28FN7/c27-24-9-8-20(14-22(24)25(28)32-29)23-16-31-34-17-21(15-30-26(23)34)19-6-4-18(5-7-19)10-13-33-11-2-1-3-12-33/h4-9,14-17H,1-3,10-13,29H2,(H2,28,32). The van der Waals surface area contributed by atoms with Gasteiger partial charge in [0.1, 0.15) is 5.82 Å². The summed E-state index contributed by atoms with van der Waals surface area (Å²) >= 11 is 0. The molecule has 0 atom stereocenters. The van der Waals surface area contributed by atoms with Crippen LogP contribution in [0.3, 0.4) is 0 Å². The van der Waals surface area contributed by atoms with Gasteiger partial charge in [0.05, 0.1) is 11.8 Å². The fourth-order valence-corrected chi connectivity index (χ4v) is 4.52. The third kappa shape index (κ3) is 4.49. The van der Waals surface area contributed by atoms with E-state index in [4.69, 9.17) is 11.6 Å². The third-order valence-corrected chi connectivity index (χ3v) is 6.50. The van der Waals surface area contributed by atoms with Crippen LogP contribution in [-0.2, 0) is 6.42 Å². The van der Waals surface area contributed by atoms with Crippen LogP contribution < -0.4 is 11.6 Å². The van der Waals surface area contributed by atoms with Crippen LogP contribution in [0.4, 0.5) is 4.39 Å². The molecule has 1 aliphatic rings. The van der Waals surface area contributed by atoms with E-state index in [1.165, 1.54) is 44.0 Å². The smallest absolute Gasteiger partial charge is 0.162 e. The van der Waals surface area contributed by atoms with E-state index < -0.39 is 5.82 Å². The molecule has 0 amide bonds. The highest BCUT2D eigenvalue weighted by molar-refractivity contribution is 5.99. The van der Waals surface area contributed by atoms with Gasteiger partial charge >= 0.3 is 0 Å². The molecule has 0 aliphatic carbocycles. The number of benzene rings is 2. The van der Waals surface area contributed by atoms with Crippen LogP contribution in [0, 0.1) is 5.82 Å². The number of amidine groups is 1. The number of nitrogens with two attached hydrogens (primary N) is 2. The summed E-state index contributed by atoms with van der Waals surface area (Å²) in [5.74, 6) is 4.68. The number of hydrogen-bond donors (Lipinski definition) is 2. The molecule has 4 N–H and O–H groups in total. The van der Waals surface area contributed by atoms with E-state index in [0.29, 0.717) is 5.65 Å². The second kappa shape index (κ2) is 9.61. The maximum Gasteiger partial charge on any atom is 0.162 e. The van der Waals surface area contributed by atoms with E-state index in [1.807, 2.05) is 12.4 Å². The monoisotopic (exact) mass is 457 g/mol. The van der Waals surface area contributed by atoms with E-state index in [9.17, 15) is 4.39 Å². The average molecular weight is 458 g/mol. The largest absolute Gasteiger partial charge is 0.382 e. The van der Waals surface area contributed by atoms with Gasteiger partial charge in [-0.3, -0.25) is 0 Å². The number of aromatic nitrogens is 3. The van der Waals surface area contributed by atoms with E-state index in [2.05, 4.69) is 44.3 Å². The molecule has 5 rings (SSSR count). The first kappa shape index (κ1) is 22.0. The van der Waals surface area contributed by atoms with Crippen molar-refractivity contribution in [2.24, 2.45) is 16.7 Å². The molecule has 0 saturated carbocycles. The minimum Gasteiger partial charge on any atom is -0.382 e. The van der Waals surface area contributed by atoms with Crippen LogP contribution in [0.5, 0.6) is 0 Å². The number of piperidine rings is 1. The van der Waals surface area contributed by atoms with Crippen molar-refractivity contribution >= 4 is 11.5 Å². The predicted molar refractivity (Wildman–Crippen MR) is 133 cm³/mol. The average Bonchev–Trinajstić information content (AvgIpc) is 3.31. The molecule has 0 bridgehead atoms. The zero-order chi connectivity index (χ0) is 23.5. The van der Waals surface area contributed by atoms with E-state index in [-0.39, 0.29) is 11.4 Å². The first-order valence-electron chi connectivity index (χ1n) is 11.6. The maximum absolute atomic E-state index is 14.1. The molecule has 7 nitrogen and oxygen atoms in total. The van der Waals surface area contributed by atoms with Gasteiger partial charge in [0.2, 0.25) is 0 Å². The van der Waals surface area contributed by atoms with Gasteiger partial charge in [-0.1, -0.05) is 36.8 Å². The zero-order valence-electron chi connectivity index (χ0n) is 19.0. The summed E-state index contributed by atoms with van der Waals surface area (Å²) in [6, 6.07) is 13.3. The zero-order valence-corrected chi connectivity index (χ0v) is 19.0. The molecule has 2 aromatic heterocycles. The van der Waals surface area contributed by atoms with Gasteiger partial charge in [-0.05, 0) is 61.2 Å². The minimum atomic E-state index is -0.485. The molecule has 8 heteroatoms. The Hall–Kier alpha value is -3.78. The van der Waals surface area contributed by atoms with Crippen molar-refractivity contribution < 1.29 is 4.39 Å². The minimum absolute atomic E-state index is 0.0644. The molecular formula is C26H28FN7. The molecular weight excluding hydrogens is 429 g/mol. The Morgan fingerprint density at radius 3 is 2.50 bits per heavy atom. The van der Waals surface area contributed by atoms with Gasteiger partial charge in [0.15, 0.2) is 11.5 Å². The Morgan fingerprint density at radius 2 is 1.74 bits per heavy atom. The number of hydrogen-bond acceptors (Lipinski definition) is 5. The number of fused-ring (bicyclic) bond motifs is 1. The summed E-state index contributed by atoms with van der Waals surface area (Å²) in [6.45, 7) is 3.57. The highest BCUT2D eigenvalue weighted by atomic mass is 19.1. The second-order valence-corrected chi connectivity index (χ2v) is 8.73. The van der Waals surface area contributed by atoms with Crippen molar-refractivity contribution in [3.05, 3.63) is 78.0 Å². The fraction of sp³-hybridized carbons (Fsp3) is 0.269. The molecule has 1 saturated heterocycles. The third-order valence-electron chi connectivity index (χ3n) is 6.50. The lowest BCUT2D eigenvalue weighted by Gasteiger charge is -2.26. The Balaban J connectivity index is 1.35. The van der Waals surface area contributed by atoms with Crippen LogP contribution in [0.25, 0.3) is 27.9 Å². The van der Waals surface area contributed by atoms with Crippen LogP contribution in [0.2, 0.25) is 0 Å². The molecule has 2 aromatic carbocycles. The van der Waals surface area contributed by atoms with Gasteiger partial charge < -0.3 is 16.5 Å². The maximum atomic E-state index is 14.1. The number of nitrogens with zero attached hydrogens (tertiary/aromatic N) is 5. The lowest BCUT2D eigenvalue weighted by atomic mass is 10.0. The quantitative estimate of drug-likeness (QED) is 0.199. The molecule has 0 spiro atoms. The van der Waals surface area contributed by atoms with Gasteiger partial charge in [-0.15, -0.1) is 0 Å². The Morgan fingerprint density at radius 1 is 0.971 bits per heavy atom. The van der Waals surface area contributed by atoms with E-state index >= 15 is 0 Å². The molecule has 1 fully saturated rings. The highest BCUT2D eigenvalue weighted by Gasteiger charge is 2.14. The number of likely N-dealkylation sites (tertiary alicyclic amines) is 1. The van der Waals surface area contributed by atoms with Crippen molar-refractivity contribution in [3.63, 3.8) is 0 Å². The number of rotatable bonds is 6. The van der Waals surface area contributed by atoms with E-state index in [1.54, 1.807) is 22.8 Å². The van der Waals surface area contributed by atoms with Crippen molar-refractivity contribution in [3.8, 4) is 22.3 Å². The molecule has 174 valence electrons. The Bertz CT molecular complexity index is 1320. The van der Waals surface area contributed by atoms with Crippen LogP contribution in [0.15, 0.2) is 66.2 Å². The topological polar surface area (TPSA) is 97.8 Å². The first-order chi connectivity index (χ1) is 16.6. The van der Waals surface area contributed by atoms with Crippen molar-refractivity contribution in [2.45, 2.75) is 25.7 Å². The molecule has 34 heavy (non-hydrogen) atoms. The molecule has 4 aromatic rings. The fourth-order valence-electron chi connectivity index (χ4n) is 4.52. The predicted octanol–water partition coefficient (Wildman–Crippen LogP) is 3.81. The van der Waals surface area contributed by atoms with E-state index in [0.717, 1.165) is 35.2 Å². The SMILES string of the molecule is N/N=C(\N)c1cc(-c2cnn3cc(-c4ccc(CCN5CCCCC5)cc4)cnc23)ccc1F. The van der Waals surface area contributed by atoms with Crippen LogP contribution in [-0.4, -0.2) is 45.0 Å². The Kier molecular flexibility index (Phi) is 6.22. The highest BCUT2D eigenvalue weighted by Crippen LogP contribution is 2.27. The summed E-state index contributed by atoms with van der Waals surface area (Å²) in [7, 11) is 0. The molecule has 0 unspecified atom stereocenters. The van der Waals surface area contributed by atoms with Gasteiger partial charge in [0.25, 0.3) is 0 Å². The van der Waals surface area contributed by atoms with Crippen molar-refractivity contribution in [2.75, 3.05) is 19.6 Å². The van der Waals surface area contributed by atoms with Crippen molar-refractivity contribution in [1.29, 1.82) is 0 Å². The Labute approximate surface area is 197 Å². The molecule has 3 heterocycles. The number of hydrazone groups is 1. The summed E-state index contributed by atoms with van der Waals surface area (Å²) in [6.07, 6.45) is 10.6. The molecule has 1 aliphatic heterocycles. The number of halogens is 1. The lowest BCUT2D eigenvalue weighted by molar-refractivity contribution is 0.231. The summed E-state index contributed by atoms with van der Waals surface area (Å²) in [5.41, 5.74) is 11.5. The van der Waals surface area contributed by atoms with Crippen LogP contribution in [0.1, 0.15) is 30.4 Å². The first-order valence-corrected chi connectivity index (χ1v) is 11.6. The lowest BCUT2D eigenvalue weighted by Crippen LogP contribution is -2.31. The summed E-state index contributed by atoms with van der Waals surface area (Å²) < 4.78 is 15.9. The normalized spacial score (nSPS) is 15.1. The van der Waals surface area contributed by atoms with Gasteiger partial charge in [-0.2, -0.15) is 10.2 Å². The summed E-state index contributed by atoms with van der Waals surface area (Å²) in [5, 5.41) is 7.87. The second-order valence-electron chi connectivity index (χ2n) is 8.73. The van der Waals surface area contributed by atoms with Gasteiger partial charge in [0, 0.05) is 30.1 Å². The summed E-state index contributed by atoms with van der Waals surface area (Å²) in [4.78, 5) is 7.21. The molecule has 0 radical (unpaired) electrons. The van der Waals surface area contributed by atoms with Crippen LogP contribution >= 0.6 is 0 Å². The van der Waals surface area contributed by atoms with Gasteiger partial charge in [-0.25, -0.2) is 13.9 Å². The van der Waals surface area contributed by atoms with Crippen molar-refractivity contribution in [1.82, 2.24) is 19.5 Å².